The van der Waals surface area contributed by atoms with Gasteiger partial charge in [-0.25, -0.2) is 9.97 Å². The topological polar surface area (TPSA) is 93.2 Å². The van der Waals surface area contributed by atoms with Crippen molar-refractivity contribution in [2.45, 2.75) is 50.4 Å². The molecular formula is C26H29ClN4O3S2. The molecule has 2 aromatic heterocycles. The van der Waals surface area contributed by atoms with Crippen molar-refractivity contribution < 1.29 is 14.3 Å². The van der Waals surface area contributed by atoms with Crippen molar-refractivity contribution in [3.05, 3.63) is 68.3 Å². The van der Waals surface area contributed by atoms with Crippen molar-refractivity contribution in [2.24, 2.45) is 0 Å². The molecule has 10 heteroatoms. The van der Waals surface area contributed by atoms with Gasteiger partial charge in [-0.15, -0.1) is 11.3 Å². The SMILES string of the molecule is CCOCCCNC(=O)c1c(NC(=O)c2nc(SCc3cccc(C)c3)ncc2Cl)sc2c1CCC2. The number of hydrogen-bond donors (Lipinski definition) is 2. The van der Waals surface area contributed by atoms with E-state index in [-0.39, 0.29) is 16.6 Å². The molecule has 4 rings (SSSR count). The minimum atomic E-state index is -0.454. The zero-order chi connectivity index (χ0) is 25.5. The first-order valence-electron chi connectivity index (χ1n) is 12.0. The molecule has 190 valence electrons. The molecule has 3 aromatic rings. The number of thioether (sulfide) groups is 1. The Morgan fingerprint density at radius 1 is 1.25 bits per heavy atom. The maximum Gasteiger partial charge on any atom is 0.276 e. The molecule has 0 bridgehead atoms. The summed E-state index contributed by atoms with van der Waals surface area (Å²) in [5.41, 5.74) is 4.00. The normalized spacial score (nSPS) is 12.4. The van der Waals surface area contributed by atoms with E-state index in [0.717, 1.165) is 41.7 Å². The van der Waals surface area contributed by atoms with Crippen molar-refractivity contribution in [3.63, 3.8) is 0 Å². The van der Waals surface area contributed by atoms with E-state index >= 15 is 0 Å². The lowest BCUT2D eigenvalue weighted by molar-refractivity contribution is 0.0944. The molecule has 2 N–H and O–H groups in total. The van der Waals surface area contributed by atoms with Gasteiger partial charge < -0.3 is 15.4 Å². The number of nitrogens with zero attached hydrogens (tertiary/aromatic N) is 2. The lowest BCUT2D eigenvalue weighted by Crippen LogP contribution is -2.27. The molecule has 2 amide bonds. The van der Waals surface area contributed by atoms with Crippen LogP contribution < -0.4 is 10.6 Å². The third-order valence-electron chi connectivity index (χ3n) is 5.72. The largest absolute Gasteiger partial charge is 0.382 e. The number of aryl methyl sites for hydroxylation is 2. The summed E-state index contributed by atoms with van der Waals surface area (Å²) >= 11 is 9.20. The third-order valence-corrected chi connectivity index (χ3v) is 8.13. The zero-order valence-corrected chi connectivity index (χ0v) is 22.7. The van der Waals surface area contributed by atoms with Crippen LogP contribution in [0.4, 0.5) is 5.00 Å². The second-order valence-electron chi connectivity index (χ2n) is 8.45. The summed E-state index contributed by atoms with van der Waals surface area (Å²) in [6, 6.07) is 8.21. The Kier molecular flexibility index (Phi) is 9.36. The second-order valence-corrected chi connectivity index (χ2v) is 10.9. The van der Waals surface area contributed by atoms with Crippen molar-refractivity contribution in [3.8, 4) is 0 Å². The van der Waals surface area contributed by atoms with E-state index in [1.165, 1.54) is 34.9 Å². The molecule has 0 radical (unpaired) electrons. The number of rotatable bonds is 11. The van der Waals surface area contributed by atoms with Crippen LogP contribution in [0.2, 0.25) is 5.02 Å². The fraction of sp³-hybridized carbons (Fsp3) is 0.385. The van der Waals surface area contributed by atoms with E-state index in [0.29, 0.717) is 41.2 Å². The number of thiophene rings is 1. The Morgan fingerprint density at radius 2 is 2.11 bits per heavy atom. The monoisotopic (exact) mass is 544 g/mol. The van der Waals surface area contributed by atoms with Gasteiger partial charge in [0.25, 0.3) is 11.8 Å². The predicted octanol–water partition coefficient (Wildman–Crippen LogP) is 5.69. The highest BCUT2D eigenvalue weighted by Crippen LogP contribution is 2.39. The molecule has 0 saturated heterocycles. The van der Waals surface area contributed by atoms with Crippen LogP contribution in [-0.2, 0) is 23.3 Å². The van der Waals surface area contributed by atoms with E-state index in [2.05, 4.69) is 26.7 Å². The minimum absolute atomic E-state index is 0.0926. The first kappa shape index (κ1) is 26.6. The number of anilines is 1. The predicted molar refractivity (Wildman–Crippen MR) is 146 cm³/mol. The average Bonchev–Trinajstić information content (AvgIpc) is 3.44. The summed E-state index contributed by atoms with van der Waals surface area (Å²) in [5, 5.41) is 7.04. The van der Waals surface area contributed by atoms with Crippen molar-refractivity contribution in [1.82, 2.24) is 15.3 Å². The number of nitrogens with one attached hydrogen (secondary N) is 2. The number of benzene rings is 1. The average molecular weight is 545 g/mol. The number of halogens is 1. The molecule has 0 atom stereocenters. The smallest absolute Gasteiger partial charge is 0.276 e. The van der Waals surface area contributed by atoms with Crippen LogP contribution >= 0.6 is 34.7 Å². The molecule has 0 spiro atoms. The highest BCUT2D eigenvalue weighted by molar-refractivity contribution is 7.98. The molecule has 1 aromatic carbocycles. The molecular weight excluding hydrogens is 516 g/mol. The summed E-state index contributed by atoms with van der Waals surface area (Å²) in [7, 11) is 0. The second kappa shape index (κ2) is 12.7. The Balaban J connectivity index is 1.47. The van der Waals surface area contributed by atoms with Gasteiger partial charge in [0.2, 0.25) is 0 Å². The Bertz CT molecular complexity index is 1250. The summed E-state index contributed by atoms with van der Waals surface area (Å²) in [6.07, 6.45) is 4.93. The fourth-order valence-electron chi connectivity index (χ4n) is 4.03. The van der Waals surface area contributed by atoms with Crippen LogP contribution in [0.5, 0.6) is 0 Å². The van der Waals surface area contributed by atoms with Crippen LogP contribution in [-0.4, -0.2) is 41.5 Å². The maximum absolute atomic E-state index is 13.2. The van der Waals surface area contributed by atoms with Crippen LogP contribution in [0.15, 0.2) is 35.6 Å². The molecule has 36 heavy (non-hydrogen) atoms. The number of aromatic nitrogens is 2. The molecule has 1 aliphatic carbocycles. The summed E-state index contributed by atoms with van der Waals surface area (Å²) in [4.78, 5) is 36.1. The minimum Gasteiger partial charge on any atom is -0.382 e. The Labute approximate surface area is 224 Å². The number of hydrogen-bond acceptors (Lipinski definition) is 7. The molecule has 0 fully saturated rings. The molecule has 0 aliphatic heterocycles. The Hall–Kier alpha value is -2.46. The van der Waals surface area contributed by atoms with E-state index in [1.807, 2.05) is 32.0 Å². The fourth-order valence-corrected chi connectivity index (χ4v) is 6.25. The number of carbonyl (C=O) groups excluding carboxylic acids is 2. The first-order valence-corrected chi connectivity index (χ1v) is 14.2. The molecule has 2 heterocycles. The maximum atomic E-state index is 13.2. The van der Waals surface area contributed by atoms with Gasteiger partial charge in [-0.1, -0.05) is 53.2 Å². The van der Waals surface area contributed by atoms with Gasteiger partial charge in [0, 0.05) is 30.4 Å². The molecule has 1 aliphatic rings. The third kappa shape index (κ3) is 6.64. The van der Waals surface area contributed by atoms with Crippen LogP contribution in [0, 0.1) is 6.92 Å². The zero-order valence-electron chi connectivity index (χ0n) is 20.4. The lowest BCUT2D eigenvalue weighted by atomic mass is 10.1. The van der Waals surface area contributed by atoms with E-state index in [4.69, 9.17) is 16.3 Å². The quantitative estimate of drug-likeness (QED) is 0.183. The van der Waals surface area contributed by atoms with Gasteiger partial charge in [-0.05, 0) is 50.7 Å². The molecule has 0 saturated carbocycles. The summed E-state index contributed by atoms with van der Waals surface area (Å²) < 4.78 is 5.34. The highest BCUT2D eigenvalue weighted by atomic mass is 35.5. The molecule has 0 unspecified atom stereocenters. The standard InChI is InChI=1S/C26H29ClN4O3S2/c1-3-34-12-6-11-28-23(32)21-18-9-5-10-20(18)36-25(21)31-24(33)22-19(27)14-29-26(30-22)35-15-17-8-4-7-16(2)13-17/h4,7-8,13-14H,3,5-6,9-12,15H2,1-2H3,(H,28,32)(H,31,33). The number of carbonyl (C=O) groups is 2. The Morgan fingerprint density at radius 3 is 2.92 bits per heavy atom. The number of ether oxygens (including phenoxy) is 1. The highest BCUT2D eigenvalue weighted by Gasteiger charge is 2.28. The van der Waals surface area contributed by atoms with Crippen molar-refractivity contribution in [2.75, 3.05) is 25.1 Å². The van der Waals surface area contributed by atoms with Gasteiger partial charge in [0.1, 0.15) is 5.00 Å². The first-order chi connectivity index (χ1) is 17.5. The van der Waals surface area contributed by atoms with Crippen LogP contribution in [0.3, 0.4) is 0 Å². The van der Waals surface area contributed by atoms with Gasteiger partial charge in [0.15, 0.2) is 10.9 Å². The number of fused-ring (bicyclic) bond motifs is 1. The lowest BCUT2D eigenvalue weighted by Gasteiger charge is -2.10. The van der Waals surface area contributed by atoms with Gasteiger partial charge in [-0.3, -0.25) is 9.59 Å². The van der Waals surface area contributed by atoms with Gasteiger partial charge in [0.05, 0.1) is 16.8 Å². The van der Waals surface area contributed by atoms with Crippen LogP contribution in [0.1, 0.15) is 62.2 Å². The van der Waals surface area contributed by atoms with Gasteiger partial charge >= 0.3 is 0 Å². The molecule has 7 nitrogen and oxygen atoms in total. The van der Waals surface area contributed by atoms with Gasteiger partial charge in [-0.2, -0.15) is 0 Å². The van der Waals surface area contributed by atoms with E-state index < -0.39 is 5.91 Å². The van der Waals surface area contributed by atoms with Crippen LogP contribution in [0.25, 0.3) is 0 Å². The number of amides is 2. The van der Waals surface area contributed by atoms with E-state index in [1.54, 1.807) is 0 Å². The summed E-state index contributed by atoms with van der Waals surface area (Å²) in [5.74, 6) is 0.0461. The van der Waals surface area contributed by atoms with Crippen molar-refractivity contribution >= 4 is 51.5 Å². The van der Waals surface area contributed by atoms with Crippen molar-refractivity contribution in [1.29, 1.82) is 0 Å². The summed E-state index contributed by atoms with van der Waals surface area (Å²) in [6.45, 7) is 5.75. The van der Waals surface area contributed by atoms with E-state index in [9.17, 15) is 9.59 Å².